The fraction of sp³-hybridized carbons (Fsp3) is 0.0175. The van der Waals surface area contributed by atoms with Gasteiger partial charge in [-0.3, -0.25) is 4.57 Å². The molecule has 1 spiro atoms. The first-order chi connectivity index (χ1) is 29.8. The van der Waals surface area contributed by atoms with Gasteiger partial charge >= 0.3 is 0 Å². The lowest BCUT2D eigenvalue weighted by Crippen LogP contribution is -2.25. The predicted molar refractivity (Wildman–Crippen MR) is 246 cm³/mol. The molecule has 0 amide bonds. The maximum Gasteiger partial charge on any atom is 0.145 e. The average molecular weight is 762 g/mol. The molecule has 0 saturated carbocycles. The van der Waals surface area contributed by atoms with E-state index in [9.17, 15) is 0 Å². The smallest absolute Gasteiger partial charge is 0.145 e. The number of pyridine rings is 1. The van der Waals surface area contributed by atoms with Crippen molar-refractivity contribution in [3.8, 4) is 61.7 Å². The van der Waals surface area contributed by atoms with E-state index in [-0.39, 0.29) is 0 Å². The summed E-state index contributed by atoms with van der Waals surface area (Å²) in [5.74, 6) is 0.936. The van der Waals surface area contributed by atoms with Crippen molar-refractivity contribution in [1.29, 1.82) is 0 Å². The molecule has 60 heavy (non-hydrogen) atoms. The number of imidazole rings is 1. The van der Waals surface area contributed by atoms with E-state index in [0.717, 1.165) is 61.4 Å². The van der Waals surface area contributed by atoms with Crippen LogP contribution in [-0.2, 0) is 5.41 Å². The topological polar surface area (TPSA) is 30.7 Å². The quantitative estimate of drug-likeness (QED) is 0.167. The molecule has 0 radical (unpaired) electrons. The zero-order chi connectivity index (χ0) is 39.4. The molecule has 2 aromatic heterocycles. The van der Waals surface area contributed by atoms with Crippen LogP contribution < -0.4 is 0 Å². The van der Waals surface area contributed by atoms with Crippen LogP contribution >= 0.6 is 0 Å². The number of hydrogen-bond acceptors (Lipinski definition) is 2. The van der Waals surface area contributed by atoms with Gasteiger partial charge in [0, 0.05) is 27.6 Å². The van der Waals surface area contributed by atoms with E-state index in [4.69, 9.17) is 9.97 Å². The standard InChI is InChI=1S/C57H35N3/c1-2-14-39(15-3-1)56-59-53-24-12-13-25-54(53)60(56)40-32-30-37(31-33-40)36-26-28-38(29-27-36)55-47-34-46-43-18-6-10-22-50(43)57(51(46)35-45(47)44-19-7-11-23-52(44)58-55)48-20-8-4-16-41(48)42-17-5-9-21-49(42)57/h1-35H. The minimum absolute atomic E-state index is 0.400. The fourth-order valence-electron chi connectivity index (χ4n) is 10.4. The third-order valence-corrected chi connectivity index (χ3v) is 13.0. The molecule has 3 heteroatoms. The zero-order valence-electron chi connectivity index (χ0n) is 32.5. The summed E-state index contributed by atoms with van der Waals surface area (Å²) in [5.41, 5.74) is 19.9. The number of para-hydroxylation sites is 3. The number of benzene rings is 9. The largest absolute Gasteiger partial charge is 0.292 e. The van der Waals surface area contributed by atoms with Gasteiger partial charge < -0.3 is 0 Å². The molecular formula is C57H35N3. The first kappa shape index (κ1) is 33.1. The molecule has 3 nitrogen and oxygen atoms in total. The first-order valence-corrected chi connectivity index (χ1v) is 20.7. The zero-order valence-corrected chi connectivity index (χ0v) is 32.5. The predicted octanol–water partition coefficient (Wildman–Crippen LogP) is 14.1. The molecule has 0 aliphatic heterocycles. The molecule has 2 heterocycles. The van der Waals surface area contributed by atoms with E-state index in [1.165, 1.54) is 55.3 Å². The Morgan fingerprint density at radius 3 is 1.55 bits per heavy atom. The summed E-state index contributed by atoms with van der Waals surface area (Å²) in [6.45, 7) is 0. The molecule has 0 unspecified atom stereocenters. The summed E-state index contributed by atoms with van der Waals surface area (Å²) in [4.78, 5) is 10.5. The van der Waals surface area contributed by atoms with Gasteiger partial charge in [0.25, 0.3) is 0 Å². The van der Waals surface area contributed by atoms with Crippen LogP contribution in [0.3, 0.4) is 0 Å². The number of fused-ring (bicyclic) bond motifs is 14. The van der Waals surface area contributed by atoms with E-state index >= 15 is 0 Å². The van der Waals surface area contributed by atoms with Crippen molar-refractivity contribution < 1.29 is 0 Å². The Hall–Kier alpha value is -7.88. The lowest BCUT2D eigenvalue weighted by atomic mass is 9.70. The van der Waals surface area contributed by atoms with Gasteiger partial charge in [0.2, 0.25) is 0 Å². The van der Waals surface area contributed by atoms with Crippen molar-refractivity contribution in [3.05, 3.63) is 235 Å². The summed E-state index contributed by atoms with van der Waals surface area (Å²) in [6.07, 6.45) is 0. The highest BCUT2D eigenvalue weighted by Crippen LogP contribution is 2.63. The molecule has 9 aromatic carbocycles. The third-order valence-electron chi connectivity index (χ3n) is 13.0. The Morgan fingerprint density at radius 1 is 0.333 bits per heavy atom. The molecule has 278 valence electrons. The monoisotopic (exact) mass is 761 g/mol. The molecule has 0 fully saturated rings. The molecule has 0 N–H and O–H groups in total. The SMILES string of the molecule is c1ccc(-c2nc3ccccc3n2-c2ccc(-c3ccc(-c4nc5ccccc5c5cc6c(cc45)-c4ccccc4C64c5ccccc5-c5ccccc54)cc3)cc2)cc1. The molecule has 0 bridgehead atoms. The Bertz CT molecular complexity index is 3480. The summed E-state index contributed by atoms with van der Waals surface area (Å²) in [6, 6.07) is 77.2. The van der Waals surface area contributed by atoms with E-state index < -0.39 is 5.41 Å². The third kappa shape index (κ3) is 4.54. The minimum Gasteiger partial charge on any atom is -0.292 e. The second kappa shape index (κ2) is 12.6. The summed E-state index contributed by atoms with van der Waals surface area (Å²) >= 11 is 0. The van der Waals surface area contributed by atoms with Crippen LogP contribution in [0.2, 0.25) is 0 Å². The van der Waals surface area contributed by atoms with E-state index in [1.807, 2.05) is 12.1 Å². The fourth-order valence-corrected chi connectivity index (χ4v) is 10.4. The summed E-state index contributed by atoms with van der Waals surface area (Å²) in [7, 11) is 0. The van der Waals surface area contributed by atoms with Crippen molar-refractivity contribution in [1.82, 2.24) is 14.5 Å². The van der Waals surface area contributed by atoms with Crippen LogP contribution in [0.25, 0.3) is 94.4 Å². The molecular weight excluding hydrogens is 727 g/mol. The number of rotatable bonds is 4. The van der Waals surface area contributed by atoms with Gasteiger partial charge in [-0.25, -0.2) is 9.97 Å². The molecule has 2 aliphatic rings. The van der Waals surface area contributed by atoms with Gasteiger partial charge in [-0.05, 0) is 103 Å². The first-order valence-electron chi connectivity index (χ1n) is 20.7. The number of hydrogen-bond donors (Lipinski definition) is 0. The van der Waals surface area contributed by atoms with Crippen LogP contribution in [0.4, 0.5) is 0 Å². The Kier molecular flexibility index (Phi) is 6.93. The van der Waals surface area contributed by atoms with Gasteiger partial charge in [-0.2, -0.15) is 0 Å². The highest BCUT2D eigenvalue weighted by Gasteiger charge is 2.51. The number of aromatic nitrogens is 3. The molecule has 11 aromatic rings. The maximum atomic E-state index is 5.41. The normalized spacial score (nSPS) is 13.1. The summed E-state index contributed by atoms with van der Waals surface area (Å²) in [5, 5.41) is 3.56. The van der Waals surface area contributed by atoms with E-state index in [0.29, 0.717) is 0 Å². The van der Waals surface area contributed by atoms with Crippen molar-refractivity contribution in [2.45, 2.75) is 5.41 Å². The average Bonchev–Trinajstić information content (AvgIpc) is 3.96. The van der Waals surface area contributed by atoms with Crippen molar-refractivity contribution in [2.24, 2.45) is 0 Å². The minimum atomic E-state index is -0.400. The van der Waals surface area contributed by atoms with Crippen LogP contribution in [0.5, 0.6) is 0 Å². The van der Waals surface area contributed by atoms with E-state index in [1.54, 1.807) is 0 Å². The maximum absolute atomic E-state index is 5.41. The van der Waals surface area contributed by atoms with Gasteiger partial charge in [0.1, 0.15) is 5.82 Å². The van der Waals surface area contributed by atoms with Crippen molar-refractivity contribution in [3.63, 3.8) is 0 Å². The van der Waals surface area contributed by atoms with Crippen molar-refractivity contribution >= 4 is 32.7 Å². The van der Waals surface area contributed by atoms with E-state index in [2.05, 4.69) is 205 Å². The van der Waals surface area contributed by atoms with Gasteiger partial charge in [0.15, 0.2) is 0 Å². The Balaban J connectivity index is 0.949. The van der Waals surface area contributed by atoms with Crippen LogP contribution in [-0.4, -0.2) is 14.5 Å². The lowest BCUT2D eigenvalue weighted by Gasteiger charge is -2.30. The molecule has 0 atom stereocenters. The van der Waals surface area contributed by atoms with Crippen LogP contribution in [0.1, 0.15) is 22.3 Å². The Morgan fingerprint density at radius 2 is 0.867 bits per heavy atom. The van der Waals surface area contributed by atoms with Crippen molar-refractivity contribution in [2.75, 3.05) is 0 Å². The highest BCUT2D eigenvalue weighted by molar-refractivity contribution is 6.14. The molecule has 0 saturated heterocycles. The second-order valence-corrected chi connectivity index (χ2v) is 16.1. The number of nitrogens with zero attached hydrogens (tertiary/aromatic N) is 3. The molecule has 13 rings (SSSR count). The lowest BCUT2D eigenvalue weighted by molar-refractivity contribution is 0.795. The second-order valence-electron chi connectivity index (χ2n) is 16.1. The Labute approximate surface area is 347 Å². The highest BCUT2D eigenvalue weighted by atomic mass is 15.1. The van der Waals surface area contributed by atoms with Gasteiger partial charge in [0.05, 0.1) is 27.7 Å². The summed E-state index contributed by atoms with van der Waals surface area (Å²) < 4.78 is 2.26. The van der Waals surface area contributed by atoms with Crippen LogP contribution in [0, 0.1) is 0 Å². The van der Waals surface area contributed by atoms with Crippen LogP contribution in [0.15, 0.2) is 212 Å². The van der Waals surface area contributed by atoms with Gasteiger partial charge in [-0.15, -0.1) is 0 Å². The molecule has 2 aliphatic carbocycles. The van der Waals surface area contributed by atoms with Gasteiger partial charge in [-0.1, -0.05) is 170 Å².